The van der Waals surface area contributed by atoms with Crippen LogP contribution in [0.1, 0.15) is 32.1 Å². The zero-order valence-electron chi connectivity index (χ0n) is 7.47. The minimum Gasteiger partial charge on any atom is -0.319 e. The van der Waals surface area contributed by atoms with E-state index in [1.54, 1.807) is 0 Å². The maximum absolute atomic E-state index is 3.30. The normalized spacial score (nSPS) is 42.8. The van der Waals surface area contributed by atoms with Gasteiger partial charge in [-0.1, -0.05) is 19.3 Å². The van der Waals surface area contributed by atoms with Gasteiger partial charge in [-0.3, -0.25) is 0 Å². The number of hydrogen-bond acceptors (Lipinski definition) is 1. The zero-order chi connectivity index (χ0) is 7.68. The van der Waals surface area contributed by atoms with Gasteiger partial charge in [0.25, 0.3) is 0 Å². The lowest BCUT2D eigenvalue weighted by molar-refractivity contribution is 0.457. The molecule has 2 fully saturated rings. The maximum Gasteiger partial charge on any atom is -0.00233 e. The van der Waals surface area contributed by atoms with Gasteiger partial charge in [-0.2, -0.15) is 0 Å². The minimum atomic E-state index is 1.01. The van der Waals surface area contributed by atoms with Crippen LogP contribution in [0.15, 0.2) is 0 Å². The van der Waals surface area contributed by atoms with Crippen molar-refractivity contribution in [2.75, 3.05) is 13.6 Å². The van der Waals surface area contributed by atoms with Gasteiger partial charge >= 0.3 is 0 Å². The van der Waals surface area contributed by atoms with E-state index in [0.29, 0.717) is 0 Å². The monoisotopic (exact) mass is 153 g/mol. The first kappa shape index (κ1) is 7.60. The Kier molecular flexibility index (Phi) is 2.17. The number of nitrogens with one attached hydrogen (secondary N) is 1. The molecule has 0 spiro atoms. The molecule has 0 aromatic rings. The number of rotatable bonds is 2. The Labute approximate surface area is 69.6 Å². The van der Waals surface area contributed by atoms with Gasteiger partial charge in [-0.05, 0) is 44.2 Å². The summed E-state index contributed by atoms with van der Waals surface area (Å²) in [4.78, 5) is 0. The lowest BCUT2D eigenvalue weighted by Crippen LogP contribution is -2.16. The summed E-state index contributed by atoms with van der Waals surface area (Å²) in [6, 6.07) is 0. The highest BCUT2D eigenvalue weighted by Crippen LogP contribution is 2.46. The van der Waals surface area contributed by atoms with Crippen molar-refractivity contribution in [1.82, 2.24) is 5.32 Å². The smallest absolute Gasteiger partial charge is 0.00233 e. The van der Waals surface area contributed by atoms with Crippen molar-refractivity contribution in [1.29, 1.82) is 0 Å². The van der Waals surface area contributed by atoms with Crippen LogP contribution in [0, 0.1) is 17.8 Å². The van der Waals surface area contributed by atoms with E-state index in [-0.39, 0.29) is 0 Å². The molecular formula is C10H19N. The topological polar surface area (TPSA) is 12.0 Å². The fourth-order valence-corrected chi connectivity index (χ4v) is 3.14. The molecule has 2 rings (SSSR count). The Hall–Kier alpha value is -0.0400. The van der Waals surface area contributed by atoms with Crippen molar-refractivity contribution in [3.63, 3.8) is 0 Å². The maximum atomic E-state index is 3.30. The van der Waals surface area contributed by atoms with Gasteiger partial charge in [-0.25, -0.2) is 0 Å². The van der Waals surface area contributed by atoms with Gasteiger partial charge in [0.1, 0.15) is 0 Å². The van der Waals surface area contributed by atoms with Crippen LogP contribution >= 0.6 is 0 Å². The van der Waals surface area contributed by atoms with E-state index in [1.807, 2.05) is 0 Å². The van der Waals surface area contributed by atoms with Gasteiger partial charge in [0.05, 0.1) is 0 Å². The molecule has 2 unspecified atom stereocenters. The minimum absolute atomic E-state index is 1.01. The summed E-state index contributed by atoms with van der Waals surface area (Å²) in [7, 11) is 2.08. The molecule has 2 aliphatic carbocycles. The Morgan fingerprint density at radius 1 is 1.18 bits per heavy atom. The standard InChI is InChI=1S/C10H19N/c1-11-7-8-5-9-3-2-4-10(9)6-8/h8-11H,2-7H2,1H3. The van der Waals surface area contributed by atoms with Crippen molar-refractivity contribution in [2.45, 2.75) is 32.1 Å². The van der Waals surface area contributed by atoms with Crippen molar-refractivity contribution in [3.05, 3.63) is 0 Å². The summed E-state index contributed by atoms with van der Waals surface area (Å²) in [6.45, 7) is 1.26. The average Bonchev–Trinajstić information content (AvgIpc) is 2.46. The summed E-state index contributed by atoms with van der Waals surface area (Å²) < 4.78 is 0. The van der Waals surface area contributed by atoms with Crippen molar-refractivity contribution < 1.29 is 0 Å². The predicted molar refractivity (Wildman–Crippen MR) is 47.5 cm³/mol. The van der Waals surface area contributed by atoms with Crippen LogP contribution < -0.4 is 5.32 Å². The van der Waals surface area contributed by atoms with Gasteiger partial charge in [0.15, 0.2) is 0 Å². The van der Waals surface area contributed by atoms with E-state index in [9.17, 15) is 0 Å². The number of hydrogen-bond donors (Lipinski definition) is 1. The summed E-state index contributed by atoms with van der Waals surface area (Å²) in [5.74, 6) is 3.25. The van der Waals surface area contributed by atoms with E-state index in [4.69, 9.17) is 0 Å². The summed E-state index contributed by atoms with van der Waals surface area (Å²) in [6.07, 6.45) is 7.62. The van der Waals surface area contributed by atoms with Gasteiger partial charge < -0.3 is 5.32 Å². The molecule has 2 aliphatic rings. The molecular weight excluding hydrogens is 134 g/mol. The first-order valence-corrected chi connectivity index (χ1v) is 5.04. The Bertz CT molecular complexity index is 121. The Morgan fingerprint density at radius 3 is 2.36 bits per heavy atom. The molecule has 0 heterocycles. The van der Waals surface area contributed by atoms with Gasteiger partial charge in [0, 0.05) is 0 Å². The molecule has 0 aromatic carbocycles. The second kappa shape index (κ2) is 3.14. The van der Waals surface area contributed by atoms with Crippen LogP contribution in [0.2, 0.25) is 0 Å². The van der Waals surface area contributed by atoms with Crippen molar-refractivity contribution in [3.8, 4) is 0 Å². The lowest BCUT2D eigenvalue weighted by atomic mass is 10.0. The zero-order valence-corrected chi connectivity index (χ0v) is 7.47. The highest BCUT2D eigenvalue weighted by atomic mass is 14.8. The molecule has 1 N–H and O–H groups in total. The Balaban J connectivity index is 1.84. The van der Waals surface area contributed by atoms with Crippen LogP contribution in [0.25, 0.3) is 0 Å². The first-order chi connectivity index (χ1) is 5.40. The second-order valence-electron chi connectivity index (χ2n) is 4.35. The molecule has 0 saturated heterocycles. The quantitative estimate of drug-likeness (QED) is 0.640. The lowest BCUT2D eigenvalue weighted by Gasteiger charge is -2.08. The number of fused-ring (bicyclic) bond motifs is 1. The largest absolute Gasteiger partial charge is 0.319 e. The van der Waals surface area contributed by atoms with Crippen molar-refractivity contribution >= 4 is 0 Å². The van der Waals surface area contributed by atoms with Gasteiger partial charge in [0.2, 0.25) is 0 Å². The predicted octanol–water partition coefficient (Wildman–Crippen LogP) is 2.03. The molecule has 1 heteroatoms. The SMILES string of the molecule is CNCC1CC2CCCC2C1. The van der Waals surface area contributed by atoms with E-state index in [1.165, 1.54) is 38.6 Å². The van der Waals surface area contributed by atoms with Crippen LogP contribution in [-0.2, 0) is 0 Å². The highest BCUT2D eigenvalue weighted by Gasteiger charge is 2.36. The molecule has 2 atom stereocenters. The molecule has 0 radical (unpaired) electrons. The van der Waals surface area contributed by atoms with Gasteiger partial charge in [-0.15, -0.1) is 0 Å². The van der Waals surface area contributed by atoms with Crippen LogP contribution in [0.4, 0.5) is 0 Å². The molecule has 0 bridgehead atoms. The van der Waals surface area contributed by atoms with E-state index >= 15 is 0 Å². The fourth-order valence-electron chi connectivity index (χ4n) is 3.14. The molecule has 11 heavy (non-hydrogen) atoms. The van der Waals surface area contributed by atoms with Crippen molar-refractivity contribution in [2.24, 2.45) is 17.8 Å². The molecule has 64 valence electrons. The molecule has 1 nitrogen and oxygen atoms in total. The summed E-state index contributed by atoms with van der Waals surface area (Å²) in [5, 5.41) is 3.30. The van der Waals surface area contributed by atoms with Crippen LogP contribution in [-0.4, -0.2) is 13.6 Å². The van der Waals surface area contributed by atoms with Crippen LogP contribution in [0.3, 0.4) is 0 Å². The second-order valence-corrected chi connectivity index (χ2v) is 4.35. The van der Waals surface area contributed by atoms with E-state index in [2.05, 4.69) is 12.4 Å². The van der Waals surface area contributed by atoms with Crippen LogP contribution in [0.5, 0.6) is 0 Å². The fraction of sp³-hybridized carbons (Fsp3) is 1.00. The Morgan fingerprint density at radius 2 is 1.82 bits per heavy atom. The third-order valence-corrected chi connectivity index (χ3v) is 3.58. The molecule has 0 aliphatic heterocycles. The van der Waals surface area contributed by atoms with E-state index < -0.39 is 0 Å². The van der Waals surface area contributed by atoms with E-state index in [0.717, 1.165) is 17.8 Å². The molecule has 2 saturated carbocycles. The highest BCUT2D eigenvalue weighted by molar-refractivity contribution is 4.88. The summed E-state index contributed by atoms with van der Waals surface area (Å²) >= 11 is 0. The molecule has 0 aromatic heterocycles. The third-order valence-electron chi connectivity index (χ3n) is 3.58. The first-order valence-electron chi connectivity index (χ1n) is 5.04. The summed E-state index contributed by atoms with van der Waals surface area (Å²) in [5.41, 5.74) is 0. The molecule has 0 amide bonds. The average molecular weight is 153 g/mol. The third kappa shape index (κ3) is 1.44.